The van der Waals surface area contributed by atoms with Crippen LogP contribution in [0.2, 0.25) is 5.02 Å². The van der Waals surface area contributed by atoms with Gasteiger partial charge in [0.15, 0.2) is 0 Å². The van der Waals surface area contributed by atoms with E-state index >= 15 is 0 Å². The van der Waals surface area contributed by atoms with Crippen molar-refractivity contribution in [1.82, 2.24) is 10.2 Å². The predicted octanol–water partition coefficient (Wildman–Crippen LogP) is 4.12. The minimum atomic E-state index is -0.358. The zero-order valence-corrected chi connectivity index (χ0v) is 16.5. The molecule has 142 valence electrons. The fraction of sp³-hybridized carbons (Fsp3) is 0.619. The summed E-state index contributed by atoms with van der Waals surface area (Å²) in [4.78, 5) is 27.1. The van der Waals surface area contributed by atoms with Crippen molar-refractivity contribution in [2.24, 2.45) is 11.8 Å². The second-order valence-corrected chi connectivity index (χ2v) is 8.10. The fourth-order valence-electron chi connectivity index (χ4n) is 3.96. The van der Waals surface area contributed by atoms with Crippen LogP contribution >= 0.6 is 11.6 Å². The molecule has 3 rings (SSSR count). The van der Waals surface area contributed by atoms with Crippen molar-refractivity contribution in [2.75, 3.05) is 13.1 Å². The third-order valence-corrected chi connectivity index (χ3v) is 6.32. The van der Waals surface area contributed by atoms with Crippen molar-refractivity contribution in [3.63, 3.8) is 0 Å². The molecule has 2 aliphatic rings. The van der Waals surface area contributed by atoms with E-state index in [0.29, 0.717) is 24.0 Å². The number of halogens is 1. The minimum Gasteiger partial charge on any atom is -0.346 e. The highest BCUT2D eigenvalue weighted by atomic mass is 35.5. The monoisotopic (exact) mass is 376 g/mol. The van der Waals surface area contributed by atoms with Gasteiger partial charge in [-0.3, -0.25) is 9.59 Å². The van der Waals surface area contributed by atoms with Crippen LogP contribution < -0.4 is 5.32 Å². The molecular weight excluding hydrogens is 348 g/mol. The zero-order valence-electron chi connectivity index (χ0n) is 15.8. The average Bonchev–Trinajstić information content (AvgIpc) is 3.51. The zero-order chi connectivity index (χ0) is 18.7. The molecule has 4 nitrogen and oxygen atoms in total. The van der Waals surface area contributed by atoms with Crippen LogP contribution in [0.5, 0.6) is 0 Å². The molecule has 26 heavy (non-hydrogen) atoms. The highest BCUT2D eigenvalue weighted by Gasteiger charge is 2.37. The standard InChI is InChI=1S/C21H29ClN2O2/c1-3-21(4-2,17-7-9-18(22)10-8-17)23-19(25)15-11-13-24(14-12-15)20(26)16-5-6-16/h7-10,15-16H,3-6,11-14H2,1-2H3,(H,23,25). The van der Waals surface area contributed by atoms with Gasteiger partial charge in [0.05, 0.1) is 5.54 Å². The summed E-state index contributed by atoms with van der Waals surface area (Å²) in [5.41, 5.74) is 0.740. The third kappa shape index (κ3) is 4.06. The quantitative estimate of drug-likeness (QED) is 0.811. The Morgan fingerprint density at radius 1 is 1.04 bits per heavy atom. The summed E-state index contributed by atoms with van der Waals surface area (Å²) in [6.07, 6.45) is 5.25. The molecule has 0 aromatic heterocycles. The van der Waals surface area contributed by atoms with Gasteiger partial charge in [-0.25, -0.2) is 0 Å². The Hall–Kier alpha value is -1.55. The average molecular weight is 377 g/mol. The van der Waals surface area contributed by atoms with Crippen molar-refractivity contribution in [2.45, 2.75) is 57.9 Å². The Kier molecular flexibility index (Phi) is 5.91. The number of amides is 2. The van der Waals surface area contributed by atoms with Gasteiger partial charge < -0.3 is 10.2 Å². The van der Waals surface area contributed by atoms with E-state index in [2.05, 4.69) is 19.2 Å². The molecule has 2 amide bonds. The van der Waals surface area contributed by atoms with Gasteiger partial charge in [0, 0.05) is 29.9 Å². The van der Waals surface area contributed by atoms with Crippen LogP contribution in [0.3, 0.4) is 0 Å². The highest BCUT2D eigenvalue weighted by Crippen LogP contribution is 2.33. The lowest BCUT2D eigenvalue weighted by atomic mass is 9.83. The van der Waals surface area contributed by atoms with E-state index < -0.39 is 0 Å². The molecule has 1 saturated carbocycles. The molecule has 1 N–H and O–H groups in total. The van der Waals surface area contributed by atoms with Gasteiger partial charge in [-0.2, -0.15) is 0 Å². The Bertz CT molecular complexity index is 642. The number of nitrogens with one attached hydrogen (secondary N) is 1. The topological polar surface area (TPSA) is 49.4 Å². The maximum Gasteiger partial charge on any atom is 0.225 e. The van der Waals surface area contributed by atoms with Gasteiger partial charge in [-0.05, 0) is 56.2 Å². The van der Waals surface area contributed by atoms with E-state index in [9.17, 15) is 9.59 Å². The van der Waals surface area contributed by atoms with Gasteiger partial charge in [0.25, 0.3) is 0 Å². The summed E-state index contributed by atoms with van der Waals surface area (Å²) in [7, 11) is 0. The Balaban J connectivity index is 1.63. The number of hydrogen-bond donors (Lipinski definition) is 1. The van der Waals surface area contributed by atoms with E-state index in [1.165, 1.54) is 0 Å². The summed E-state index contributed by atoms with van der Waals surface area (Å²) in [5, 5.41) is 4.03. The number of likely N-dealkylation sites (tertiary alicyclic amines) is 1. The van der Waals surface area contributed by atoms with Crippen LogP contribution in [-0.2, 0) is 15.1 Å². The Labute approximate surface area is 161 Å². The van der Waals surface area contributed by atoms with Crippen LogP contribution in [0.15, 0.2) is 24.3 Å². The van der Waals surface area contributed by atoms with E-state index in [-0.39, 0.29) is 23.3 Å². The fourth-order valence-corrected chi connectivity index (χ4v) is 4.09. The molecule has 0 unspecified atom stereocenters. The maximum atomic E-state index is 13.0. The smallest absolute Gasteiger partial charge is 0.225 e. The molecule has 0 bridgehead atoms. The van der Waals surface area contributed by atoms with Gasteiger partial charge in [-0.1, -0.05) is 37.6 Å². The van der Waals surface area contributed by atoms with Crippen LogP contribution in [-0.4, -0.2) is 29.8 Å². The summed E-state index contributed by atoms with van der Waals surface area (Å²) < 4.78 is 0. The lowest BCUT2D eigenvalue weighted by Crippen LogP contribution is -2.50. The molecule has 1 aliphatic carbocycles. The summed E-state index contributed by atoms with van der Waals surface area (Å²) >= 11 is 6.02. The van der Waals surface area contributed by atoms with Crippen LogP contribution in [0.25, 0.3) is 0 Å². The molecule has 1 heterocycles. The number of rotatable bonds is 6. The van der Waals surface area contributed by atoms with Gasteiger partial charge in [0.1, 0.15) is 0 Å². The predicted molar refractivity (Wildman–Crippen MR) is 104 cm³/mol. The van der Waals surface area contributed by atoms with E-state index in [1.807, 2.05) is 29.2 Å². The molecule has 5 heteroatoms. The van der Waals surface area contributed by atoms with Gasteiger partial charge in [0.2, 0.25) is 11.8 Å². The molecule has 2 fully saturated rings. The first-order chi connectivity index (χ1) is 12.5. The highest BCUT2D eigenvalue weighted by molar-refractivity contribution is 6.30. The third-order valence-electron chi connectivity index (χ3n) is 6.07. The number of carbonyl (C=O) groups excluding carboxylic acids is 2. The number of benzene rings is 1. The van der Waals surface area contributed by atoms with E-state index in [4.69, 9.17) is 11.6 Å². The van der Waals surface area contributed by atoms with E-state index in [0.717, 1.165) is 44.1 Å². The largest absolute Gasteiger partial charge is 0.346 e. The van der Waals surface area contributed by atoms with Crippen molar-refractivity contribution in [1.29, 1.82) is 0 Å². The summed E-state index contributed by atoms with van der Waals surface area (Å²) in [6, 6.07) is 7.77. The summed E-state index contributed by atoms with van der Waals surface area (Å²) in [6.45, 7) is 5.63. The van der Waals surface area contributed by atoms with E-state index in [1.54, 1.807) is 0 Å². The minimum absolute atomic E-state index is 0.0111. The first kappa shape index (κ1) is 19.2. The number of hydrogen-bond acceptors (Lipinski definition) is 2. The van der Waals surface area contributed by atoms with Gasteiger partial charge >= 0.3 is 0 Å². The molecule has 1 aliphatic heterocycles. The van der Waals surface area contributed by atoms with Gasteiger partial charge in [-0.15, -0.1) is 0 Å². The Morgan fingerprint density at radius 2 is 1.62 bits per heavy atom. The normalized spacial score (nSPS) is 18.7. The first-order valence-corrected chi connectivity index (χ1v) is 10.2. The molecular formula is C21H29ClN2O2. The molecule has 0 spiro atoms. The molecule has 1 aromatic rings. The first-order valence-electron chi connectivity index (χ1n) is 9.86. The lowest BCUT2D eigenvalue weighted by molar-refractivity contribution is -0.137. The SMILES string of the molecule is CCC(CC)(NC(=O)C1CCN(C(=O)C2CC2)CC1)c1ccc(Cl)cc1. The number of nitrogens with zero attached hydrogens (tertiary/aromatic N) is 1. The molecule has 1 saturated heterocycles. The number of carbonyl (C=O) groups is 2. The maximum absolute atomic E-state index is 13.0. The second-order valence-electron chi connectivity index (χ2n) is 7.66. The lowest BCUT2D eigenvalue weighted by Gasteiger charge is -2.37. The molecule has 0 radical (unpaired) electrons. The van der Waals surface area contributed by atoms with Crippen molar-refractivity contribution in [3.8, 4) is 0 Å². The Morgan fingerprint density at radius 3 is 2.12 bits per heavy atom. The number of piperidine rings is 1. The second kappa shape index (κ2) is 7.99. The van der Waals surface area contributed by atoms with Crippen molar-refractivity contribution in [3.05, 3.63) is 34.9 Å². The van der Waals surface area contributed by atoms with Crippen LogP contribution in [0.1, 0.15) is 57.9 Å². The van der Waals surface area contributed by atoms with Crippen molar-refractivity contribution >= 4 is 23.4 Å². The summed E-state index contributed by atoms with van der Waals surface area (Å²) in [5.74, 6) is 0.657. The van der Waals surface area contributed by atoms with Crippen molar-refractivity contribution < 1.29 is 9.59 Å². The van der Waals surface area contributed by atoms with Crippen LogP contribution in [0.4, 0.5) is 0 Å². The molecule has 0 atom stereocenters. The molecule has 1 aromatic carbocycles. The van der Waals surface area contributed by atoms with Crippen LogP contribution in [0, 0.1) is 11.8 Å².